The first-order valence-electron chi connectivity index (χ1n) is 5.30. The molecule has 19 heavy (non-hydrogen) atoms. The largest absolute Gasteiger partial charge is 0.445 e. The lowest BCUT2D eigenvalue weighted by Crippen LogP contribution is -2.26. The highest BCUT2D eigenvalue weighted by Crippen LogP contribution is 2.02. The van der Waals surface area contributed by atoms with E-state index < -0.39 is 8.26 Å². The zero-order chi connectivity index (χ0) is 14.9. The van der Waals surface area contributed by atoms with Crippen molar-refractivity contribution in [1.29, 1.82) is 0 Å². The number of benzene rings is 1. The molecule has 0 atom stereocenters. The Bertz CT molecular complexity index is 471. The number of ether oxygens (including phenoxy) is 1. The van der Waals surface area contributed by atoms with Crippen molar-refractivity contribution in [2.24, 2.45) is 0 Å². The van der Waals surface area contributed by atoms with Gasteiger partial charge in [-0.2, -0.15) is 8.42 Å². The van der Waals surface area contributed by atoms with Gasteiger partial charge in [0.1, 0.15) is 6.61 Å². The average Bonchev–Trinajstić information content (AvgIpc) is 2.34. The Labute approximate surface area is 122 Å². The van der Waals surface area contributed by atoms with Crippen molar-refractivity contribution >= 4 is 35.7 Å². The van der Waals surface area contributed by atoms with E-state index in [4.69, 9.17) is 13.2 Å². The van der Waals surface area contributed by atoms with Gasteiger partial charge in [-0.3, -0.25) is 0 Å². The summed E-state index contributed by atoms with van der Waals surface area (Å²) in [6.45, 7) is 2.90. The Morgan fingerprint density at radius 2 is 1.74 bits per heavy atom. The van der Waals surface area contributed by atoms with Gasteiger partial charge in [-0.05, 0) is 12.5 Å². The summed E-state index contributed by atoms with van der Waals surface area (Å²) in [4.78, 5) is 12.8. The van der Waals surface area contributed by atoms with Crippen LogP contribution in [0.25, 0.3) is 0 Å². The smallest absolute Gasteiger partial charge is 0.409 e. The quantitative estimate of drug-likeness (QED) is 0.800. The second kappa shape index (κ2) is 9.01. The van der Waals surface area contributed by atoms with Crippen LogP contribution in [-0.2, 0) is 19.6 Å². The molecule has 1 aromatic rings. The number of hydrogen-bond acceptors (Lipinski definition) is 4. The van der Waals surface area contributed by atoms with E-state index in [0.29, 0.717) is 13.2 Å². The lowest BCUT2D eigenvalue weighted by molar-refractivity contribution is 0.106. The third-order valence-corrected chi connectivity index (χ3v) is 1.99. The molecule has 0 aliphatic heterocycles. The van der Waals surface area contributed by atoms with Crippen molar-refractivity contribution in [1.82, 2.24) is 4.90 Å². The van der Waals surface area contributed by atoms with Crippen molar-refractivity contribution in [3.8, 4) is 0 Å². The molecule has 0 saturated heterocycles. The number of carbonyl (C=O) groups excluding carboxylic acids is 1. The first kappa shape index (κ1) is 18.0. The van der Waals surface area contributed by atoms with Crippen LogP contribution in [0.15, 0.2) is 30.3 Å². The zero-order valence-corrected chi connectivity index (χ0v) is 12.9. The Morgan fingerprint density at radius 1 is 1.26 bits per heavy atom. The molecular weight excluding hydrogens is 313 g/mol. The lowest BCUT2D eigenvalue weighted by Gasteiger charge is -2.14. The molecule has 0 heterocycles. The maximum Gasteiger partial charge on any atom is 0.409 e. The van der Waals surface area contributed by atoms with Gasteiger partial charge >= 0.3 is 14.4 Å². The van der Waals surface area contributed by atoms with E-state index in [2.05, 4.69) is 21.4 Å². The third-order valence-electron chi connectivity index (χ3n) is 1.99. The standard InChI is InChI=1S/C11H15NO2.Cl2O2S/c1-3-12(2)11(13)14-9-10-7-5-4-6-8-10;1-5(2,3)4/h4-8H,3,9H2,1-2H3;. The molecular formula is C11H15Cl2NO4S. The molecule has 108 valence electrons. The molecule has 0 N–H and O–H groups in total. The summed E-state index contributed by atoms with van der Waals surface area (Å²) in [6.07, 6.45) is -0.281. The topological polar surface area (TPSA) is 63.7 Å². The second-order valence-electron chi connectivity index (χ2n) is 3.43. The number of rotatable bonds is 3. The van der Waals surface area contributed by atoms with Crippen molar-refractivity contribution < 1.29 is 17.9 Å². The highest BCUT2D eigenvalue weighted by molar-refractivity contribution is 8.31. The monoisotopic (exact) mass is 327 g/mol. The number of carbonyl (C=O) groups is 1. The van der Waals surface area contributed by atoms with Crippen LogP contribution in [0, 0.1) is 0 Å². The van der Waals surface area contributed by atoms with E-state index in [1.54, 1.807) is 7.05 Å². The molecule has 0 aromatic heterocycles. The van der Waals surface area contributed by atoms with Crippen molar-refractivity contribution in [3.05, 3.63) is 35.9 Å². The maximum absolute atomic E-state index is 11.3. The first-order chi connectivity index (χ1) is 8.74. The van der Waals surface area contributed by atoms with Crippen LogP contribution in [0.3, 0.4) is 0 Å². The van der Waals surface area contributed by atoms with Gasteiger partial charge in [0.05, 0.1) is 0 Å². The molecule has 0 unspecified atom stereocenters. The second-order valence-corrected chi connectivity index (χ2v) is 7.10. The first-order valence-corrected chi connectivity index (χ1v) is 8.43. The van der Waals surface area contributed by atoms with Crippen LogP contribution < -0.4 is 0 Å². The molecule has 0 aliphatic rings. The summed E-state index contributed by atoms with van der Waals surface area (Å²) in [5.41, 5.74) is 1.00. The summed E-state index contributed by atoms with van der Waals surface area (Å²) in [6, 6.07) is 9.64. The summed E-state index contributed by atoms with van der Waals surface area (Å²) >= 11 is 0. The van der Waals surface area contributed by atoms with E-state index in [1.165, 1.54) is 4.90 Å². The van der Waals surface area contributed by atoms with Crippen LogP contribution >= 0.6 is 21.4 Å². The summed E-state index contributed by atoms with van der Waals surface area (Å²) < 4.78 is 23.4. The summed E-state index contributed by atoms with van der Waals surface area (Å²) in [5, 5.41) is 0. The fourth-order valence-corrected chi connectivity index (χ4v) is 0.959. The van der Waals surface area contributed by atoms with E-state index >= 15 is 0 Å². The lowest BCUT2D eigenvalue weighted by atomic mass is 10.2. The fraction of sp³-hybridized carbons (Fsp3) is 0.364. The molecule has 0 aliphatic carbocycles. The number of hydrogen-bond donors (Lipinski definition) is 0. The minimum absolute atomic E-state index is 0.281. The Balaban J connectivity index is 0.000000555. The molecule has 1 amide bonds. The molecule has 8 heteroatoms. The molecule has 1 rings (SSSR count). The van der Waals surface area contributed by atoms with Gasteiger partial charge in [-0.25, -0.2) is 4.79 Å². The van der Waals surface area contributed by atoms with Crippen LogP contribution in [0.2, 0.25) is 0 Å². The van der Waals surface area contributed by atoms with Crippen LogP contribution in [0.1, 0.15) is 12.5 Å². The predicted octanol–water partition coefficient (Wildman–Crippen LogP) is 2.98. The highest BCUT2D eigenvalue weighted by Gasteiger charge is 2.06. The maximum atomic E-state index is 11.3. The Kier molecular flexibility index (Phi) is 8.54. The average molecular weight is 328 g/mol. The molecule has 0 radical (unpaired) electrons. The van der Waals surface area contributed by atoms with E-state index in [9.17, 15) is 4.79 Å². The van der Waals surface area contributed by atoms with Gasteiger partial charge in [-0.1, -0.05) is 30.3 Å². The van der Waals surface area contributed by atoms with Gasteiger partial charge in [0, 0.05) is 35.0 Å². The van der Waals surface area contributed by atoms with Crippen LogP contribution in [-0.4, -0.2) is 33.0 Å². The Hall–Kier alpha value is -0.980. The number of nitrogens with zero attached hydrogens (tertiary/aromatic N) is 1. The molecule has 0 saturated carbocycles. The van der Waals surface area contributed by atoms with Crippen LogP contribution in [0.4, 0.5) is 4.79 Å². The normalized spacial score (nSPS) is 10.1. The number of amides is 1. The molecule has 1 aromatic carbocycles. The minimum Gasteiger partial charge on any atom is -0.445 e. The molecule has 0 bridgehead atoms. The zero-order valence-electron chi connectivity index (χ0n) is 10.5. The number of halogens is 2. The van der Waals surface area contributed by atoms with Crippen LogP contribution in [0.5, 0.6) is 0 Å². The Morgan fingerprint density at radius 3 is 2.16 bits per heavy atom. The van der Waals surface area contributed by atoms with Crippen molar-refractivity contribution in [2.75, 3.05) is 13.6 Å². The molecule has 0 spiro atoms. The minimum atomic E-state index is -3.72. The van der Waals surface area contributed by atoms with E-state index in [1.807, 2.05) is 37.3 Å². The van der Waals surface area contributed by atoms with E-state index in [0.717, 1.165) is 5.56 Å². The summed E-state index contributed by atoms with van der Waals surface area (Å²) in [5.74, 6) is 0. The van der Waals surface area contributed by atoms with Crippen molar-refractivity contribution in [2.45, 2.75) is 13.5 Å². The molecule has 0 fully saturated rings. The predicted molar refractivity (Wildman–Crippen MR) is 75.6 cm³/mol. The van der Waals surface area contributed by atoms with E-state index in [-0.39, 0.29) is 6.09 Å². The van der Waals surface area contributed by atoms with Gasteiger partial charge in [-0.15, -0.1) is 0 Å². The molecule has 5 nitrogen and oxygen atoms in total. The highest BCUT2D eigenvalue weighted by atomic mass is 36.0. The van der Waals surface area contributed by atoms with Gasteiger partial charge in [0.15, 0.2) is 0 Å². The SMILES string of the molecule is CCN(C)C(=O)OCc1ccccc1.O=S(=O)(Cl)Cl. The van der Waals surface area contributed by atoms with Crippen molar-refractivity contribution in [3.63, 3.8) is 0 Å². The summed E-state index contributed by atoms with van der Waals surface area (Å²) in [7, 11) is 6.53. The van der Waals surface area contributed by atoms with Gasteiger partial charge in [0.2, 0.25) is 0 Å². The fourth-order valence-electron chi connectivity index (χ4n) is 0.959. The van der Waals surface area contributed by atoms with Gasteiger partial charge in [0.25, 0.3) is 0 Å². The third kappa shape index (κ3) is 11.8. The van der Waals surface area contributed by atoms with Gasteiger partial charge < -0.3 is 9.64 Å².